The Kier molecular flexibility index (Phi) is 6.53. The lowest BCUT2D eigenvalue weighted by Gasteiger charge is -2.50. The molecule has 2 aromatic rings. The van der Waals surface area contributed by atoms with Gasteiger partial charge in [0.2, 0.25) is 0 Å². The molecule has 2 aromatic carbocycles. The van der Waals surface area contributed by atoms with Crippen molar-refractivity contribution in [2.45, 2.75) is 78.2 Å². The van der Waals surface area contributed by atoms with Crippen molar-refractivity contribution in [2.75, 3.05) is 0 Å². The van der Waals surface area contributed by atoms with Crippen molar-refractivity contribution in [1.29, 1.82) is 0 Å². The van der Waals surface area contributed by atoms with Gasteiger partial charge in [-0.1, -0.05) is 57.0 Å². The fourth-order valence-electron chi connectivity index (χ4n) is 5.66. The Bertz CT molecular complexity index is 943. The molecule has 0 spiro atoms. The molecule has 31 heavy (non-hydrogen) atoms. The number of carboxylic acids is 1. The molecule has 0 radical (unpaired) electrons. The third-order valence-electron chi connectivity index (χ3n) is 8.20. The number of ether oxygens (including phenoxy) is 1. The summed E-state index contributed by atoms with van der Waals surface area (Å²) in [6, 6.07) is 10.6. The maximum absolute atomic E-state index is 11.4. The normalized spacial score (nSPS) is 27.6. The predicted octanol–water partition coefficient (Wildman–Crippen LogP) is 7.52. The van der Waals surface area contributed by atoms with Crippen LogP contribution in [0.25, 0.3) is 10.8 Å². The van der Waals surface area contributed by atoms with Crippen LogP contribution in [0.1, 0.15) is 71.3 Å². The number of aliphatic carboxylic acids is 1. The molecule has 4 heteroatoms. The molecule has 0 unspecified atom stereocenters. The molecule has 0 saturated heterocycles. The number of hydrogen-bond acceptors (Lipinski definition) is 2. The Morgan fingerprint density at radius 1 is 1.16 bits per heavy atom. The SMILES string of the molecule is CCC1CCC(Oc2ccc3ccc(CC[C@H]4C[C@@H](C(=O)O)C4(C)C)cc3c2Cl)CC1. The zero-order chi connectivity index (χ0) is 22.2. The van der Waals surface area contributed by atoms with Gasteiger partial charge in [0, 0.05) is 5.39 Å². The van der Waals surface area contributed by atoms with Crippen molar-refractivity contribution in [3.8, 4) is 5.75 Å². The number of hydrogen-bond donors (Lipinski definition) is 1. The van der Waals surface area contributed by atoms with Gasteiger partial charge in [-0.15, -0.1) is 0 Å². The van der Waals surface area contributed by atoms with Crippen LogP contribution >= 0.6 is 11.6 Å². The first-order chi connectivity index (χ1) is 14.8. The summed E-state index contributed by atoms with van der Waals surface area (Å²) in [4.78, 5) is 11.4. The van der Waals surface area contributed by atoms with Crippen LogP contribution in [0.5, 0.6) is 5.75 Å². The van der Waals surface area contributed by atoms with Crippen LogP contribution in [0.2, 0.25) is 5.02 Å². The van der Waals surface area contributed by atoms with E-state index >= 15 is 0 Å². The maximum Gasteiger partial charge on any atom is 0.307 e. The van der Waals surface area contributed by atoms with Gasteiger partial charge in [0.15, 0.2) is 0 Å². The lowest BCUT2D eigenvalue weighted by Crippen LogP contribution is -2.48. The summed E-state index contributed by atoms with van der Waals surface area (Å²) in [5.74, 6) is 1.23. The van der Waals surface area contributed by atoms with E-state index in [9.17, 15) is 9.90 Å². The van der Waals surface area contributed by atoms with Crippen LogP contribution < -0.4 is 4.74 Å². The van der Waals surface area contributed by atoms with E-state index in [-0.39, 0.29) is 17.4 Å². The molecule has 0 aromatic heterocycles. The van der Waals surface area contributed by atoms with E-state index in [1.807, 2.05) is 6.07 Å². The molecule has 1 N–H and O–H groups in total. The van der Waals surface area contributed by atoms with E-state index < -0.39 is 5.97 Å². The lowest BCUT2D eigenvalue weighted by atomic mass is 9.53. The molecule has 168 valence electrons. The Labute approximate surface area is 191 Å². The zero-order valence-corrected chi connectivity index (χ0v) is 19.8. The quantitative estimate of drug-likeness (QED) is 0.482. The first kappa shape index (κ1) is 22.5. The highest BCUT2D eigenvalue weighted by molar-refractivity contribution is 6.37. The van der Waals surface area contributed by atoms with Gasteiger partial charge in [-0.05, 0) is 85.3 Å². The summed E-state index contributed by atoms with van der Waals surface area (Å²) in [6.07, 6.45) is 8.99. The van der Waals surface area contributed by atoms with Crippen molar-refractivity contribution >= 4 is 28.3 Å². The molecule has 0 heterocycles. The molecular formula is C27H35ClO3. The lowest BCUT2D eigenvalue weighted by molar-refractivity contribution is -0.159. The Morgan fingerprint density at radius 2 is 1.87 bits per heavy atom. The highest BCUT2D eigenvalue weighted by atomic mass is 35.5. The summed E-state index contributed by atoms with van der Waals surface area (Å²) in [5.41, 5.74) is 1.13. The summed E-state index contributed by atoms with van der Waals surface area (Å²) >= 11 is 6.80. The van der Waals surface area contributed by atoms with Crippen molar-refractivity contribution < 1.29 is 14.6 Å². The minimum Gasteiger partial charge on any atom is -0.489 e. The number of aryl methyl sites for hydroxylation is 1. The third-order valence-corrected chi connectivity index (χ3v) is 8.59. The molecule has 2 fully saturated rings. The van der Waals surface area contributed by atoms with Gasteiger partial charge in [-0.25, -0.2) is 0 Å². The second-order valence-electron chi connectivity index (χ2n) is 10.3. The standard InChI is InChI=1S/C27H35ClO3/c1-4-17-7-12-21(13-8-17)31-24-14-10-19-9-5-18(15-22(19)25(24)28)6-11-20-16-23(26(29)30)27(20,2)3/h5,9-10,14-15,17,20-21,23H,4,6-8,11-13,16H2,1-3H3,(H,29,30)/t17?,20-,21?,23-/m0/s1. The van der Waals surface area contributed by atoms with Crippen LogP contribution in [-0.4, -0.2) is 17.2 Å². The monoisotopic (exact) mass is 442 g/mol. The first-order valence-electron chi connectivity index (χ1n) is 11.9. The van der Waals surface area contributed by atoms with Gasteiger partial charge >= 0.3 is 5.97 Å². The average molecular weight is 443 g/mol. The van der Waals surface area contributed by atoms with Gasteiger partial charge in [-0.2, -0.15) is 0 Å². The summed E-state index contributed by atoms with van der Waals surface area (Å²) in [6.45, 7) is 6.46. The molecule has 0 aliphatic heterocycles. The van der Waals surface area contributed by atoms with E-state index in [1.165, 1.54) is 24.8 Å². The minimum absolute atomic E-state index is 0.127. The van der Waals surface area contributed by atoms with Gasteiger partial charge in [0.05, 0.1) is 17.0 Å². The fourth-order valence-corrected chi connectivity index (χ4v) is 5.93. The molecule has 2 saturated carbocycles. The Hall–Kier alpha value is -1.74. The largest absolute Gasteiger partial charge is 0.489 e. The van der Waals surface area contributed by atoms with Crippen LogP contribution in [0.4, 0.5) is 0 Å². The van der Waals surface area contributed by atoms with Gasteiger partial charge < -0.3 is 9.84 Å². The fraction of sp³-hybridized carbons (Fsp3) is 0.593. The van der Waals surface area contributed by atoms with E-state index in [2.05, 4.69) is 45.0 Å². The summed E-state index contributed by atoms with van der Waals surface area (Å²) in [7, 11) is 0. The van der Waals surface area contributed by atoms with E-state index in [0.717, 1.165) is 54.5 Å². The number of rotatable bonds is 7. The molecule has 0 amide bonds. The molecular weight excluding hydrogens is 408 g/mol. The van der Waals surface area contributed by atoms with Gasteiger partial charge in [0.1, 0.15) is 5.75 Å². The number of benzene rings is 2. The molecule has 2 aliphatic carbocycles. The highest BCUT2D eigenvalue weighted by Crippen LogP contribution is 2.53. The first-order valence-corrected chi connectivity index (χ1v) is 12.3. The van der Waals surface area contributed by atoms with Crippen LogP contribution in [-0.2, 0) is 11.2 Å². The van der Waals surface area contributed by atoms with Crippen molar-refractivity contribution in [2.24, 2.45) is 23.2 Å². The second-order valence-corrected chi connectivity index (χ2v) is 10.7. The third kappa shape index (κ3) is 4.58. The van der Waals surface area contributed by atoms with Gasteiger partial charge in [0.25, 0.3) is 0 Å². The second kappa shape index (κ2) is 9.02. The minimum atomic E-state index is -0.658. The molecule has 2 aliphatic rings. The molecule has 3 nitrogen and oxygen atoms in total. The van der Waals surface area contributed by atoms with Crippen molar-refractivity contribution in [1.82, 2.24) is 0 Å². The Morgan fingerprint density at radius 3 is 2.52 bits per heavy atom. The predicted molar refractivity (Wildman–Crippen MR) is 127 cm³/mol. The maximum atomic E-state index is 11.4. The molecule has 0 bridgehead atoms. The van der Waals surface area contributed by atoms with Crippen LogP contribution in [0.3, 0.4) is 0 Å². The number of fused-ring (bicyclic) bond motifs is 1. The number of carbonyl (C=O) groups is 1. The Balaban J connectivity index is 1.43. The van der Waals surface area contributed by atoms with Crippen molar-refractivity contribution in [3.05, 3.63) is 40.9 Å². The summed E-state index contributed by atoms with van der Waals surface area (Å²) in [5, 5.41) is 12.3. The summed E-state index contributed by atoms with van der Waals surface area (Å²) < 4.78 is 6.33. The molecule has 2 atom stereocenters. The van der Waals surface area contributed by atoms with Crippen molar-refractivity contribution in [3.63, 3.8) is 0 Å². The topological polar surface area (TPSA) is 46.5 Å². The van der Waals surface area contributed by atoms with Gasteiger partial charge in [-0.3, -0.25) is 4.79 Å². The van der Waals surface area contributed by atoms with Crippen LogP contribution in [0, 0.1) is 23.2 Å². The smallest absolute Gasteiger partial charge is 0.307 e. The number of carboxylic acid groups (broad SMARTS) is 1. The number of halogens is 1. The average Bonchev–Trinajstić information content (AvgIpc) is 2.75. The molecule has 4 rings (SSSR count). The van der Waals surface area contributed by atoms with E-state index in [4.69, 9.17) is 16.3 Å². The highest BCUT2D eigenvalue weighted by Gasteiger charge is 2.51. The van der Waals surface area contributed by atoms with E-state index in [0.29, 0.717) is 10.9 Å². The van der Waals surface area contributed by atoms with E-state index in [1.54, 1.807) is 0 Å². The zero-order valence-electron chi connectivity index (χ0n) is 19.0. The van der Waals surface area contributed by atoms with Crippen LogP contribution in [0.15, 0.2) is 30.3 Å².